The summed E-state index contributed by atoms with van der Waals surface area (Å²) in [4.78, 5) is 35.6. The van der Waals surface area contributed by atoms with Gasteiger partial charge in [0.1, 0.15) is 5.75 Å². The van der Waals surface area contributed by atoms with Gasteiger partial charge < -0.3 is 19.9 Å². The van der Waals surface area contributed by atoms with E-state index in [-0.39, 0.29) is 11.8 Å². The van der Waals surface area contributed by atoms with Crippen LogP contribution in [0.15, 0.2) is 79.1 Å². The van der Waals surface area contributed by atoms with Crippen LogP contribution in [0.1, 0.15) is 66.2 Å². The van der Waals surface area contributed by atoms with Gasteiger partial charge in [0.05, 0.1) is 12.8 Å². The van der Waals surface area contributed by atoms with Crippen LogP contribution in [0.4, 0.5) is 5.69 Å². The van der Waals surface area contributed by atoms with Crippen LogP contribution in [-0.4, -0.2) is 61.0 Å². The number of hydrogen-bond acceptors (Lipinski definition) is 5. The van der Waals surface area contributed by atoms with Crippen molar-refractivity contribution >= 4 is 28.3 Å². The number of ether oxygens (including phenoxy) is 1. The average molecular weight is 629 g/mol. The molecule has 1 aromatic heterocycles. The first-order valence-electron chi connectivity index (χ1n) is 17.5. The van der Waals surface area contributed by atoms with E-state index in [0.717, 1.165) is 81.9 Å². The van der Waals surface area contributed by atoms with Crippen molar-refractivity contribution in [2.24, 2.45) is 23.2 Å². The molecule has 4 bridgehead atoms. The van der Waals surface area contributed by atoms with E-state index in [0.29, 0.717) is 25.1 Å². The van der Waals surface area contributed by atoms with Crippen LogP contribution < -0.4 is 15.0 Å². The molecule has 47 heavy (non-hydrogen) atoms. The number of amides is 2. The number of nitrogens with one attached hydrogen (secondary N) is 1. The first-order chi connectivity index (χ1) is 23.0. The first-order valence-corrected chi connectivity index (χ1v) is 17.5. The molecule has 4 aliphatic carbocycles. The number of benzene rings is 3. The summed E-state index contributed by atoms with van der Waals surface area (Å²) in [5.41, 5.74) is 4.86. The van der Waals surface area contributed by atoms with E-state index < -0.39 is 0 Å². The van der Waals surface area contributed by atoms with Crippen molar-refractivity contribution in [3.63, 3.8) is 0 Å². The number of fused-ring (bicyclic) bond motifs is 1. The van der Waals surface area contributed by atoms with E-state index >= 15 is 0 Å². The van der Waals surface area contributed by atoms with Gasteiger partial charge in [0, 0.05) is 61.3 Å². The lowest BCUT2D eigenvalue weighted by molar-refractivity contribution is -0.0503. The van der Waals surface area contributed by atoms with Crippen LogP contribution in [0.25, 0.3) is 21.9 Å². The highest BCUT2D eigenvalue weighted by Crippen LogP contribution is 2.59. The third kappa shape index (κ3) is 5.85. The molecule has 3 aromatic carbocycles. The summed E-state index contributed by atoms with van der Waals surface area (Å²) < 4.78 is 5.68. The molecule has 2 heterocycles. The first kappa shape index (κ1) is 30.0. The van der Waals surface area contributed by atoms with E-state index in [1.54, 1.807) is 6.20 Å². The largest absolute Gasteiger partial charge is 0.492 e. The highest BCUT2D eigenvalue weighted by molar-refractivity contribution is 6.11. The lowest BCUT2D eigenvalue weighted by atomic mass is 9.49. The second kappa shape index (κ2) is 12.3. The van der Waals surface area contributed by atoms with Gasteiger partial charge in [-0.2, -0.15) is 0 Å². The summed E-state index contributed by atoms with van der Waals surface area (Å²) >= 11 is 0. The zero-order valence-electron chi connectivity index (χ0n) is 27.3. The number of piperazine rings is 1. The Balaban J connectivity index is 0.900. The van der Waals surface area contributed by atoms with Gasteiger partial charge in [-0.15, -0.1) is 0 Å². The van der Waals surface area contributed by atoms with Gasteiger partial charge in [-0.05, 0) is 121 Å². The molecule has 7 heteroatoms. The smallest absolute Gasteiger partial charge is 0.254 e. The van der Waals surface area contributed by atoms with Gasteiger partial charge in [0.2, 0.25) is 0 Å². The van der Waals surface area contributed by atoms with E-state index in [2.05, 4.69) is 33.4 Å². The van der Waals surface area contributed by atoms with Gasteiger partial charge in [-0.3, -0.25) is 14.6 Å². The Morgan fingerprint density at radius 1 is 0.851 bits per heavy atom. The number of carbonyl (C=O) groups is 2. The minimum absolute atomic E-state index is 0.0409. The average Bonchev–Trinajstić information content (AvgIpc) is 3.10. The maximum atomic E-state index is 13.9. The highest BCUT2D eigenvalue weighted by Gasteiger charge is 2.50. The standard InChI is InChI=1S/C40H44N4O3/c1-2-47-33-20-31(24-41-25-33)34-11-12-37(36-6-4-3-5-35(34)36)39(46)44-15-13-43(14-16-44)32-9-7-30(8-10-32)38(45)42-26-40-21-27-17-28(22-40)19-29(18-27)23-40/h3-12,20,24-25,27-29H,2,13-19,21-23,26H2,1H3,(H,42,45). The fourth-order valence-electron chi connectivity index (χ4n) is 9.59. The minimum Gasteiger partial charge on any atom is -0.492 e. The minimum atomic E-state index is 0.0409. The summed E-state index contributed by atoms with van der Waals surface area (Å²) in [6.07, 6.45) is 11.7. The second-order valence-electron chi connectivity index (χ2n) is 14.5. The molecule has 1 saturated heterocycles. The summed E-state index contributed by atoms with van der Waals surface area (Å²) in [6.45, 7) is 6.14. The molecule has 4 saturated carbocycles. The molecule has 0 atom stereocenters. The normalized spacial score (nSPS) is 24.8. The van der Waals surface area contributed by atoms with Crippen molar-refractivity contribution in [1.29, 1.82) is 0 Å². The second-order valence-corrected chi connectivity index (χ2v) is 14.5. The van der Waals surface area contributed by atoms with Crippen molar-refractivity contribution in [2.75, 3.05) is 44.2 Å². The Labute approximate surface area is 277 Å². The predicted octanol–water partition coefficient (Wildman–Crippen LogP) is 7.21. The number of hydrogen-bond donors (Lipinski definition) is 1. The number of nitrogens with zero attached hydrogens (tertiary/aromatic N) is 3. The van der Waals surface area contributed by atoms with Crippen molar-refractivity contribution < 1.29 is 14.3 Å². The summed E-state index contributed by atoms with van der Waals surface area (Å²) in [5, 5.41) is 5.28. The molecular formula is C40H44N4O3. The van der Waals surface area contributed by atoms with E-state index in [1.807, 2.05) is 66.6 Å². The molecule has 1 N–H and O–H groups in total. The zero-order chi connectivity index (χ0) is 32.0. The van der Waals surface area contributed by atoms with Gasteiger partial charge in [0.15, 0.2) is 0 Å². The molecule has 1 aliphatic heterocycles. The fourth-order valence-corrected chi connectivity index (χ4v) is 9.59. The van der Waals surface area contributed by atoms with E-state index in [1.165, 1.54) is 38.5 Å². The van der Waals surface area contributed by atoms with Crippen molar-refractivity contribution in [3.8, 4) is 16.9 Å². The molecular weight excluding hydrogens is 584 g/mol. The molecule has 4 aromatic rings. The van der Waals surface area contributed by atoms with Gasteiger partial charge in [0.25, 0.3) is 11.8 Å². The number of anilines is 1. The van der Waals surface area contributed by atoms with Crippen molar-refractivity contribution in [3.05, 3.63) is 90.3 Å². The van der Waals surface area contributed by atoms with Crippen LogP contribution >= 0.6 is 0 Å². The number of rotatable bonds is 8. The van der Waals surface area contributed by atoms with E-state index in [9.17, 15) is 9.59 Å². The molecule has 5 aliphatic rings. The fraction of sp³-hybridized carbons (Fsp3) is 0.425. The molecule has 0 unspecified atom stereocenters. The summed E-state index contributed by atoms with van der Waals surface area (Å²) in [6, 6.07) is 22.1. The molecule has 242 valence electrons. The number of aromatic nitrogens is 1. The maximum absolute atomic E-state index is 13.9. The Kier molecular flexibility index (Phi) is 7.86. The molecule has 0 radical (unpaired) electrons. The molecule has 2 amide bonds. The van der Waals surface area contributed by atoms with Crippen LogP contribution in [0.3, 0.4) is 0 Å². The Morgan fingerprint density at radius 2 is 1.53 bits per heavy atom. The van der Waals surface area contributed by atoms with Gasteiger partial charge in [-0.25, -0.2) is 0 Å². The number of carbonyl (C=O) groups excluding carboxylic acids is 2. The maximum Gasteiger partial charge on any atom is 0.254 e. The third-order valence-electron chi connectivity index (χ3n) is 11.3. The SMILES string of the molecule is CCOc1cncc(-c2ccc(C(=O)N3CCN(c4ccc(C(=O)NCC56CC7CC(CC(C7)C5)C6)cc4)CC3)c3ccccc23)c1. The third-order valence-corrected chi connectivity index (χ3v) is 11.3. The quantitative estimate of drug-likeness (QED) is 0.223. The monoisotopic (exact) mass is 628 g/mol. The highest BCUT2D eigenvalue weighted by atomic mass is 16.5. The van der Waals surface area contributed by atoms with Gasteiger partial charge >= 0.3 is 0 Å². The summed E-state index contributed by atoms with van der Waals surface area (Å²) in [7, 11) is 0. The Morgan fingerprint density at radius 3 is 2.21 bits per heavy atom. The van der Waals surface area contributed by atoms with Crippen LogP contribution in [0.2, 0.25) is 0 Å². The van der Waals surface area contributed by atoms with Crippen LogP contribution in [0, 0.1) is 23.2 Å². The zero-order valence-corrected chi connectivity index (χ0v) is 27.3. The van der Waals surface area contributed by atoms with Crippen LogP contribution in [0.5, 0.6) is 5.75 Å². The predicted molar refractivity (Wildman–Crippen MR) is 186 cm³/mol. The Hall–Kier alpha value is -4.39. The molecule has 9 rings (SSSR count). The molecule has 0 spiro atoms. The lowest BCUT2D eigenvalue weighted by Gasteiger charge is -2.56. The van der Waals surface area contributed by atoms with Crippen LogP contribution in [-0.2, 0) is 0 Å². The van der Waals surface area contributed by atoms with Crippen molar-refractivity contribution in [1.82, 2.24) is 15.2 Å². The Bertz CT molecular complexity index is 1760. The topological polar surface area (TPSA) is 74.8 Å². The van der Waals surface area contributed by atoms with Gasteiger partial charge in [-0.1, -0.05) is 30.3 Å². The summed E-state index contributed by atoms with van der Waals surface area (Å²) in [5.74, 6) is 3.50. The number of pyridine rings is 1. The molecule has 7 nitrogen and oxygen atoms in total. The van der Waals surface area contributed by atoms with Crippen molar-refractivity contribution in [2.45, 2.75) is 45.4 Å². The molecule has 5 fully saturated rings. The lowest BCUT2D eigenvalue weighted by Crippen LogP contribution is -2.51. The van der Waals surface area contributed by atoms with E-state index in [4.69, 9.17) is 4.74 Å².